The fourth-order valence-corrected chi connectivity index (χ4v) is 6.31. The summed E-state index contributed by atoms with van der Waals surface area (Å²) in [4.78, 5) is 40.8. The number of aliphatic hydroxyl groups is 3. The van der Waals surface area contributed by atoms with Crippen molar-refractivity contribution in [3.05, 3.63) is 70.2 Å². The van der Waals surface area contributed by atoms with Crippen molar-refractivity contribution in [1.29, 1.82) is 0 Å². The van der Waals surface area contributed by atoms with E-state index in [1.54, 1.807) is 38.4 Å². The number of hydrogen-bond acceptors (Lipinski definition) is 9. The Kier molecular flexibility index (Phi) is 5.85. The molecular formula is C28H28N2O8. The van der Waals surface area contributed by atoms with Crippen LogP contribution in [0.1, 0.15) is 22.3 Å². The molecular weight excluding hydrogens is 492 g/mol. The minimum Gasteiger partial charge on any atom is -0.510 e. The third-order valence-electron chi connectivity index (χ3n) is 7.99. The first-order valence-electron chi connectivity index (χ1n) is 12.1. The summed E-state index contributed by atoms with van der Waals surface area (Å²) in [5, 5.41) is 44.6. The van der Waals surface area contributed by atoms with Crippen LogP contribution in [0.4, 0.5) is 0 Å². The molecule has 0 saturated carbocycles. The number of ether oxygens (including phenoxy) is 1. The number of primary amides is 1. The number of aliphatic hydroxyl groups excluding tert-OH is 2. The Balaban J connectivity index is 1.72. The highest BCUT2D eigenvalue weighted by Gasteiger charge is 2.63. The Morgan fingerprint density at radius 1 is 1.13 bits per heavy atom. The minimum atomic E-state index is -2.66. The maximum atomic E-state index is 13.8. The smallest absolute Gasteiger partial charge is 0.255 e. The summed E-state index contributed by atoms with van der Waals surface area (Å²) in [5.41, 5.74) is 3.63. The monoisotopic (exact) mass is 520 g/mol. The molecule has 38 heavy (non-hydrogen) atoms. The molecule has 10 heteroatoms. The fraction of sp³-hybridized carbons (Fsp3) is 0.321. The number of methoxy groups -OCH3 is 1. The van der Waals surface area contributed by atoms with Gasteiger partial charge in [-0.3, -0.25) is 19.3 Å². The van der Waals surface area contributed by atoms with E-state index in [1.165, 1.54) is 18.1 Å². The van der Waals surface area contributed by atoms with Crippen LogP contribution in [0.25, 0.3) is 11.1 Å². The summed E-state index contributed by atoms with van der Waals surface area (Å²) in [6.07, 6.45) is 0.231. The molecule has 0 bridgehead atoms. The van der Waals surface area contributed by atoms with E-state index in [9.17, 15) is 34.8 Å². The SMILES string of the molecule is COc1cccc(-c2ccc(O)c3c2C[C@@H]2C[C@@H]4[C@@H](N(C)C)C(O)=C(C(N)=O)C(=O)[C@]4(O)C(O)=C2C3=O)c1. The number of ketones is 2. The second kappa shape index (κ2) is 8.71. The summed E-state index contributed by atoms with van der Waals surface area (Å²) < 4.78 is 5.33. The summed E-state index contributed by atoms with van der Waals surface area (Å²) in [6, 6.07) is 9.27. The van der Waals surface area contributed by atoms with Crippen LogP contribution in [0, 0.1) is 11.8 Å². The first kappa shape index (κ1) is 25.5. The molecule has 198 valence electrons. The summed E-state index contributed by atoms with van der Waals surface area (Å²) >= 11 is 0. The summed E-state index contributed by atoms with van der Waals surface area (Å²) in [6.45, 7) is 0. The lowest BCUT2D eigenvalue weighted by Gasteiger charge is -2.50. The van der Waals surface area contributed by atoms with Gasteiger partial charge in [-0.2, -0.15) is 0 Å². The van der Waals surface area contributed by atoms with E-state index < -0.39 is 58.0 Å². The van der Waals surface area contributed by atoms with Gasteiger partial charge in [0, 0.05) is 11.5 Å². The van der Waals surface area contributed by atoms with E-state index >= 15 is 0 Å². The number of fused-ring (bicyclic) bond motifs is 3. The molecule has 6 N–H and O–H groups in total. The molecule has 0 saturated heterocycles. The lowest BCUT2D eigenvalue weighted by molar-refractivity contribution is -0.148. The molecule has 0 spiro atoms. The van der Waals surface area contributed by atoms with Crippen molar-refractivity contribution >= 4 is 17.5 Å². The molecule has 10 nitrogen and oxygen atoms in total. The topological polar surface area (TPSA) is 171 Å². The maximum absolute atomic E-state index is 13.8. The van der Waals surface area contributed by atoms with Crippen LogP contribution in [0.2, 0.25) is 0 Å². The number of amides is 1. The van der Waals surface area contributed by atoms with Crippen molar-refractivity contribution < 1.29 is 39.5 Å². The molecule has 5 rings (SSSR count). The molecule has 0 unspecified atom stereocenters. The number of phenolic OH excluding ortho intramolecular Hbond substituents is 1. The predicted molar refractivity (Wildman–Crippen MR) is 136 cm³/mol. The van der Waals surface area contributed by atoms with Crippen LogP contribution in [0.5, 0.6) is 11.5 Å². The van der Waals surface area contributed by atoms with Crippen LogP contribution >= 0.6 is 0 Å². The van der Waals surface area contributed by atoms with Gasteiger partial charge in [-0.25, -0.2) is 0 Å². The zero-order chi connectivity index (χ0) is 27.7. The molecule has 0 aliphatic heterocycles. The number of nitrogens with zero attached hydrogens (tertiary/aromatic N) is 1. The normalized spacial score (nSPS) is 26.7. The van der Waals surface area contributed by atoms with Crippen molar-refractivity contribution in [3.63, 3.8) is 0 Å². The van der Waals surface area contributed by atoms with Gasteiger partial charge in [0.25, 0.3) is 5.91 Å². The lowest BCUT2D eigenvalue weighted by Crippen LogP contribution is -2.63. The van der Waals surface area contributed by atoms with Gasteiger partial charge < -0.3 is 30.9 Å². The number of allylic oxidation sites excluding steroid dienone is 1. The van der Waals surface area contributed by atoms with Gasteiger partial charge in [-0.1, -0.05) is 18.2 Å². The Morgan fingerprint density at radius 3 is 2.47 bits per heavy atom. The third-order valence-corrected chi connectivity index (χ3v) is 7.99. The number of carbonyl (C=O) groups excluding carboxylic acids is 3. The van der Waals surface area contributed by atoms with E-state index in [1.807, 2.05) is 6.07 Å². The average Bonchev–Trinajstić information content (AvgIpc) is 2.86. The van der Waals surface area contributed by atoms with Gasteiger partial charge in [0.2, 0.25) is 5.78 Å². The van der Waals surface area contributed by atoms with Crippen molar-refractivity contribution in [2.24, 2.45) is 17.6 Å². The highest BCUT2D eigenvalue weighted by atomic mass is 16.5. The highest BCUT2D eigenvalue weighted by Crippen LogP contribution is 2.53. The third kappa shape index (κ3) is 3.37. The van der Waals surface area contributed by atoms with E-state index in [4.69, 9.17) is 10.5 Å². The largest absolute Gasteiger partial charge is 0.510 e. The highest BCUT2D eigenvalue weighted by molar-refractivity contribution is 6.24. The van der Waals surface area contributed by atoms with Crippen LogP contribution in [0.15, 0.2) is 59.1 Å². The number of nitrogens with two attached hydrogens (primary N) is 1. The van der Waals surface area contributed by atoms with E-state index in [2.05, 4.69) is 0 Å². The Morgan fingerprint density at radius 2 is 1.84 bits per heavy atom. The zero-order valence-electron chi connectivity index (χ0n) is 21.1. The number of aromatic hydroxyl groups is 1. The van der Waals surface area contributed by atoms with Crippen molar-refractivity contribution in [1.82, 2.24) is 4.90 Å². The zero-order valence-corrected chi connectivity index (χ0v) is 21.1. The average molecular weight is 521 g/mol. The number of likely N-dealkylation sites (N-methyl/N-ethyl adjacent to an activating group) is 1. The lowest BCUT2D eigenvalue weighted by atomic mass is 9.58. The molecule has 2 aromatic carbocycles. The van der Waals surface area contributed by atoms with Crippen molar-refractivity contribution in [2.45, 2.75) is 24.5 Å². The molecule has 0 aromatic heterocycles. The molecule has 2 aromatic rings. The van der Waals surface area contributed by atoms with Crippen LogP contribution < -0.4 is 10.5 Å². The van der Waals surface area contributed by atoms with Gasteiger partial charge in [0.15, 0.2) is 11.4 Å². The molecule has 1 amide bonds. The van der Waals surface area contributed by atoms with Crippen LogP contribution in [-0.4, -0.2) is 75.6 Å². The second-order valence-electron chi connectivity index (χ2n) is 10.2. The van der Waals surface area contributed by atoms with E-state index in [-0.39, 0.29) is 29.7 Å². The molecule has 0 fully saturated rings. The quantitative estimate of drug-likeness (QED) is 0.377. The predicted octanol–water partition coefficient (Wildman–Crippen LogP) is 1.80. The van der Waals surface area contributed by atoms with Gasteiger partial charge >= 0.3 is 0 Å². The van der Waals surface area contributed by atoms with E-state index in [0.29, 0.717) is 16.9 Å². The molecule has 3 aliphatic rings. The summed E-state index contributed by atoms with van der Waals surface area (Å²) in [5.74, 6) is -6.15. The minimum absolute atomic E-state index is 0.0268. The Hall–Kier alpha value is -4.15. The molecule has 3 aliphatic carbocycles. The number of rotatable bonds is 4. The van der Waals surface area contributed by atoms with Gasteiger partial charge in [0.05, 0.1) is 18.7 Å². The molecule has 0 radical (unpaired) electrons. The van der Waals surface area contributed by atoms with Crippen molar-refractivity contribution in [3.8, 4) is 22.6 Å². The van der Waals surface area contributed by atoms with Crippen LogP contribution in [0.3, 0.4) is 0 Å². The van der Waals surface area contributed by atoms with Gasteiger partial charge in [-0.15, -0.1) is 0 Å². The second-order valence-corrected chi connectivity index (χ2v) is 10.2. The number of hydrogen-bond donors (Lipinski definition) is 5. The van der Waals surface area contributed by atoms with Crippen LogP contribution in [-0.2, 0) is 16.0 Å². The molecule has 0 heterocycles. The number of benzene rings is 2. The first-order chi connectivity index (χ1) is 17.9. The number of carbonyl (C=O) groups is 3. The number of Topliss-reactive ketones (excluding diaryl/α,β-unsaturated/α-hetero) is 2. The Labute approximate surface area is 218 Å². The van der Waals surface area contributed by atoms with Gasteiger partial charge in [0.1, 0.15) is 28.6 Å². The summed E-state index contributed by atoms with van der Waals surface area (Å²) in [7, 11) is 4.72. The standard InChI is InChI=1S/C28H28N2O8/c1-30(2)22-17-11-13-10-16-15(12-5-4-6-14(9-12)38-3)7-8-18(31)20(16)23(32)19(13)25(34)28(17,37)26(35)21(24(22)33)27(29)36/h4-9,13,17,22,31,33-34,37H,10-11H2,1-3H3,(H2,29,36)/t13-,17-,22-,28-/m1/s1. The van der Waals surface area contributed by atoms with Crippen molar-refractivity contribution in [2.75, 3.05) is 21.2 Å². The Bertz CT molecular complexity index is 1470. The maximum Gasteiger partial charge on any atom is 0.255 e. The first-order valence-corrected chi connectivity index (χ1v) is 12.1. The fourth-order valence-electron chi connectivity index (χ4n) is 6.31. The van der Waals surface area contributed by atoms with E-state index in [0.717, 1.165) is 5.56 Å². The number of phenols is 1. The molecule has 4 atom stereocenters. The van der Waals surface area contributed by atoms with Gasteiger partial charge in [-0.05, 0) is 67.7 Å².